The number of aromatic carboxylic acids is 1. The smallest absolute Gasteiger partial charge is 0.341 e. The maximum absolute atomic E-state index is 12.7. The molecule has 1 aromatic carbocycles. The van der Waals surface area contributed by atoms with E-state index in [0.717, 1.165) is 6.07 Å². The molecule has 0 saturated carbocycles. The summed E-state index contributed by atoms with van der Waals surface area (Å²) in [6.45, 7) is -0.514. The number of pyridine rings is 1. The third-order valence-electron chi connectivity index (χ3n) is 2.61. The highest BCUT2D eigenvalue weighted by molar-refractivity contribution is 5.91. The molecule has 2 rings (SSSR count). The van der Waals surface area contributed by atoms with Crippen LogP contribution in [0.5, 0.6) is 0 Å². The molecule has 7 nitrogen and oxygen atoms in total. The molecule has 0 aliphatic rings. The zero-order valence-corrected chi connectivity index (χ0v) is 11.2. The Bertz CT molecular complexity index is 755. The number of carbonyl (C=O) groups excluding carboxylic acids is 1. The van der Waals surface area contributed by atoms with Crippen LogP contribution in [0.25, 0.3) is 0 Å². The van der Waals surface area contributed by atoms with Crippen LogP contribution in [0.2, 0.25) is 0 Å². The second kappa shape index (κ2) is 6.53. The van der Waals surface area contributed by atoms with Gasteiger partial charge < -0.3 is 15.3 Å². The fraction of sp³-hybridized carbons (Fsp3) is 0.0714. The van der Waals surface area contributed by atoms with Crippen LogP contribution < -0.4 is 15.7 Å². The highest BCUT2D eigenvalue weighted by atomic mass is 19.1. The number of carboxylic acid groups (broad SMARTS) is 1. The number of amides is 1. The molecule has 0 saturated heterocycles. The second-order valence-corrected chi connectivity index (χ2v) is 4.19. The van der Waals surface area contributed by atoms with Crippen LogP contribution in [0.3, 0.4) is 0 Å². The van der Waals surface area contributed by atoms with E-state index in [1.54, 1.807) is 0 Å². The van der Waals surface area contributed by atoms with Gasteiger partial charge in [-0.25, -0.2) is 9.18 Å². The van der Waals surface area contributed by atoms with Crippen molar-refractivity contribution in [1.82, 2.24) is 4.73 Å². The highest BCUT2D eigenvalue weighted by Gasteiger charge is 2.11. The van der Waals surface area contributed by atoms with Gasteiger partial charge in [-0.3, -0.25) is 9.59 Å². The molecule has 0 radical (unpaired) electrons. The van der Waals surface area contributed by atoms with Gasteiger partial charge in [-0.15, -0.1) is 0 Å². The predicted octanol–water partition coefficient (Wildman–Crippen LogP) is 0.753. The molecule has 0 fully saturated rings. The summed E-state index contributed by atoms with van der Waals surface area (Å²) in [5.41, 5.74) is -0.993. The highest BCUT2D eigenvalue weighted by Crippen LogP contribution is 2.07. The van der Waals surface area contributed by atoms with Crippen molar-refractivity contribution in [3.05, 3.63) is 64.3 Å². The zero-order valence-electron chi connectivity index (χ0n) is 11.2. The van der Waals surface area contributed by atoms with Crippen molar-refractivity contribution < 1.29 is 23.9 Å². The number of carboxylic acids is 1. The largest absolute Gasteiger partial charge is 0.477 e. The van der Waals surface area contributed by atoms with Crippen molar-refractivity contribution in [1.29, 1.82) is 0 Å². The number of nitrogens with one attached hydrogen (secondary N) is 1. The van der Waals surface area contributed by atoms with Crippen LogP contribution in [0, 0.1) is 5.82 Å². The van der Waals surface area contributed by atoms with Gasteiger partial charge in [0.1, 0.15) is 11.4 Å². The number of aromatic nitrogens is 1. The van der Waals surface area contributed by atoms with Gasteiger partial charge >= 0.3 is 5.97 Å². The Balaban J connectivity index is 1.99. The summed E-state index contributed by atoms with van der Waals surface area (Å²) in [5.74, 6) is -2.41. The first kappa shape index (κ1) is 15.2. The summed E-state index contributed by atoms with van der Waals surface area (Å²) >= 11 is 0. The first-order chi connectivity index (χ1) is 10.5. The average Bonchev–Trinajstić information content (AvgIpc) is 2.48. The molecule has 0 bridgehead atoms. The molecule has 8 heteroatoms. The molecule has 1 aromatic heterocycles. The number of benzene rings is 1. The quantitative estimate of drug-likeness (QED) is 0.849. The number of carbonyl (C=O) groups is 2. The van der Waals surface area contributed by atoms with Gasteiger partial charge in [0.15, 0.2) is 6.61 Å². The lowest BCUT2D eigenvalue weighted by Gasteiger charge is -2.09. The summed E-state index contributed by atoms with van der Waals surface area (Å²) < 4.78 is 13.4. The van der Waals surface area contributed by atoms with E-state index in [2.05, 4.69) is 5.32 Å². The monoisotopic (exact) mass is 306 g/mol. The Morgan fingerprint density at radius 2 is 1.91 bits per heavy atom. The van der Waals surface area contributed by atoms with E-state index in [0.29, 0.717) is 10.4 Å². The first-order valence-corrected chi connectivity index (χ1v) is 6.11. The van der Waals surface area contributed by atoms with Crippen LogP contribution in [-0.4, -0.2) is 28.3 Å². The minimum atomic E-state index is -1.39. The Kier molecular flexibility index (Phi) is 4.52. The molecule has 0 spiro atoms. The Morgan fingerprint density at radius 1 is 1.23 bits per heavy atom. The maximum atomic E-state index is 12.7. The summed E-state index contributed by atoms with van der Waals surface area (Å²) in [5, 5.41) is 11.2. The Hall–Kier alpha value is -3.16. The van der Waals surface area contributed by atoms with Crippen LogP contribution in [0.4, 0.5) is 10.1 Å². The van der Waals surface area contributed by atoms with Gasteiger partial charge in [0.05, 0.1) is 0 Å². The number of anilines is 1. The lowest BCUT2D eigenvalue weighted by Crippen LogP contribution is -2.34. The van der Waals surface area contributed by atoms with E-state index >= 15 is 0 Å². The van der Waals surface area contributed by atoms with E-state index in [-0.39, 0.29) is 0 Å². The molecule has 0 unspecified atom stereocenters. The van der Waals surface area contributed by atoms with Gasteiger partial charge in [-0.2, -0.15) is 4.73 Å². The third-order valence-corrected chi connectivity index (χ3v) is 2.61. The third kappa shape index (κ3) is 3.69. The van der Waals surface area contributed by atoms with E-state index in [4.69, 9.17) is 9.94 Å². The molecule has 114 valence electrons. The van der Waals surface area contributed by atoms with Crippen molar-refractivity contribution in [3.63, 3.8) is 0 Å². The van der Waals surface area contributed by atoms with Crippen LogP contribution in [-0.2, 0) is 4.79 Å². The standard InChI is InChI=1S/C14H11FN2O5/c15-9-3-5-10(6-4-9)16-12(18)8-22-17-7-1-2-11(13(17)19)14(20)21/h1-7H,8H2,(H,16,18)(H,20,21). The Morgan fingerprint density at radius 3 is 2.55 bits per heavy atom. The van der Waals surface area contributed by atoms with Crippen molar-refractivity contribution in [2.24, 2.45) is 0 Å². The predicted molar refractivity (Wildman–Crippen MR) is 74.1 cm³/mol. The van der Waals surface area contributed by atoms with Crippen molar-refractivity contribution >= 4 is 17.6 Å². The first-order valence-electron chi connectivity index (χ1n) is 6.11. The van der Waals surface area contributed by atoms with Crippen molar-refractivity contribution in [3.8, 4) is 0 Å². The van der Waals surface area contributed by atoms with Gasteiger partial charge in [-0.05, 0) is 36.4 Å². The number of rotatable bonds is 5. The molecule has 2 N–H and O–H groups in total. The van der Waals surface area contributed by atoms with Gasteiger partial charge in [0.2, 0.25) is 0 Å². The molecule has 1 heterocycles. The molecular weight excluding hydrogens is 295 g/mol. The summed E-state index contributed by atoms with van der Waals surface area (Å²) in [6.07, 6.45) is 1.19. The van der Waals surface area contributed by atoms with Gasteiger partial charge in [0, 0.05) is 11.9 Å². The Labute approximate surface area is 123 Å². The maximum Gasteiger partial charge on any atom is 0.341 e. The van der Waals surface area contributed by atoms with Crippen LogP contribution in [0.15, 0.2) is 47.4 Å². The van der Waals surface area contributed by atoms with Crippen molar-refractivity contribution in [2.75, 3.05) is 11.9 Å². The zero-order chi connectivity index (χ0) is 16.1. The van der Waals surface area contributed by atoms with E-state index < -0.39 is 35.4 Å². The summed E-state index contributed by atoms with van der Waals surface area (Å²) in [7, 11) is 0. The van der Waals surface area contributed by atoms with Crippen LogP contribution >= 0.6 is 0 Å². The molecular formula is C14H11FN2O5. The fourth-order valence-corrected chi connectivity index (χ4v) is 1.60. The number of nitrogens with zero attached hydrogens (tertiary/aromatic N) is 1. The molecule has 1 amide bonds. The lowest BCUT2D eigenvalue weighted by atomic mass is 10.3. The minimum absolute atomic E-state index is 0.363. The topological polar surface area (TPSA) is 97.6 Å². The number of hydrogen-bond donors (Lipinski definition) is 2. The van der Waals surface area contributed by atoms with Crippen molar-refractivity contribution in [2.45, 2.75) is 0 Å². The minimum Gasteiger partial charge on any atom is -0.477 e. The van der Waals surface area contributed by atoms with Gasteiger partial charge in [-0.1, -0.05) is 0 Å². The number of hydrogen-bond acceptors (Lipinski definition) is 4. The van der Waals surface area contributed by atoms with E-state index in [9.17, 15) is 18.8 Å². The molecule has 0 atom stereocenters. The summed E-state index contributed by atoms with van der Waals surface area (Å²) in [4.78, 5) is 39.1. The molecule has 22 heavy (non-hydrogen) atoms. The lowest BCUT2D eigenvalue weighted by molar-refractivity contribution is -0.120. The van der Waals surface area contributed by atoms with E-state index in [1.807, 2.05) is 0 Å². The fourth-order valence-electron chi connectivity index (χ4n) is 1.60. The summed E-state index contributed by atoms with van der Waals surface area (Å²) in [6, 6.07) is 7.52. The molecule has 2 aromatic rings. The number of halogens is 1. The van der Waals surface area contributed by atoms with Crippen LogP contribution in [0.1, 0.15) is 10.4 Å². The second-order valence-electron chi connectivity index (χ2n) is 4.19. The molecule has 0 aliphatic heterocycles. The SMILES string of the molecule is O=C(COn1cccc(C(=O)O)c1=O)Nc1ccc(F)cc1. The average molecular weight is 306 g/mol. The normalized spacial score (nSPS) is 10.0. The molecule has 0 aliphatic carbocycles. The van der Waals surface area contributed by atoms with E-state index in [1.165, 1.54) is 36.5 Å². The van der Waals surface area contributed by atoms with Gasteiger partial charge in [0.25, 0.3) is 11.5 Å².